The van der Waals surface area contributed by atoms with Crippen molar-refractivity contribution >= 4 is 49.8 Å². The maximum absolute atomic E-state index is 6.83. The zero-order valence-electron chi connectivity index (χ0n) is 39.5. The Bertz CT molecular complexity index is 4060. The van der Waals surface area contributed by atoms with Gasteiger partial charge in [0.25, 0.3) is 0 Å². The van der Waals surface area contributed by atoms with E-state index in [1.807, 2.05) is 0 Å². The summed E-state index contributed by atoms with van der Waals surface area (Å²) in [4.78, 5) is 2.39. The number of nitrogens with zero attached hydrogens (tertiary/aromatic N) is 1. The monoisotopic (exact) mass is 917 g/mol. The van der Waals surface area contributed by atoms with Crippen LogP contribution < -0.4 is 4.90 Å². The molecule has 338 valence electrons. The van der Waals surface area contributed by atoms with Gasteiger partial charge in [0.05, 0.1) is 11.1 Å². The number of para-hydroxylation sites is 1. The first-order chi connectivity index (χ1) is 35.7. The lowest BCUT2D eigenvalue weighted by atomic mass is 9.87. The van der Waals surface area contributed by atoms with E-state index in [9.17, 15) is 0 Å². The Labute approximate surface area is 420 Å². The normalized spacial score (nSPS) is 11.3. The van der Waals surface area contributed by atoms with Gasteiger partial charge in [0.1, 0.15) is 11.2 Å². The van der Waals surface area contributed by atoms with Gasteiger partial charge < -0.3 is 9.32 Å². The Morgan fingerprint density at radius 1 is 0.250 bits per heavy atom. The first kappa shape index (κ1) is 42.6. The van der Waals surface area contributed by atoms with Crippen LogP contribution in [0.4, 0.5) is 17.1 Å². The van der Waals surface area contributed by atoms with Crippen LogP contribution in [0.5, 0.6) is 0 Å². The van der Waals surface area contributed by atoms with Crippen LogP contribution in [0, 0.1) is 0 Å². The summed E-state index contributed by atoms with van der Waals surface area (Å²) < 4.78 is 6.83. The fourth-order valence-corrected chi connectivity index (χ4v) is 10.6. The topological polar surface area (TPSA) is 16.4 Å². The van der Waals surface area contributed by atoms with E-state index in [4.69, 9.17) is 4.42 Å². The lowest BCUT2D eigenvalue weighted by Crippen LogP contribution is -2.10. The van der Waals surface area contributed by atoms with Gasteiger partial charge in [-0.15, -0.1) is 0 Å². The molecule has 13 aromatic rings. The van der Waals surface area contributed by atoms with Crippen molar-refractivity contribution in [2.75, 3.05) is 4.90 Å². The largest absolute Gasteiger partial charge is 0.455 e. The van der Waals surface area contributed by atoms with E-state index in [2.05, 4.69) is 290 Å². The number of anilines is 3. The molecule has 0 atom stereocenters. The van der Waals surface area contributed by atoms with Crippen molar-refractivity contribution in [3.8, 4) is 77.9 Å². The Hall–Kier alpha value is -9.50. The van der Waals surface area contributed by atoms with Gasteiger partial charge in [-0.1, -0.05) is 231 Å². The fraction of sp³-hybridized carbons (Fsp3) is 0. The van der Waals surface area contributed by atoms with E-state index >= 15 is 0 Å². The minimum absolute atomic E-state index is 0.858. The summed E-state index contributed by atoms with van der Waals surface area (Å²) in [6.45, 7) is 0. The molecule has 1 aromatic heterocycles. The van der Waals surface area contributed by atoms with Crippen LogP contribution in [0.1, 0.15) is 0 Å². The van der Waals surface area contributed by atoms with E-state index in [0.29, 0.717) is 0 Å². The van der Waals surface area contributed by atoms with Crippen molar-refractivity contribution in [1.82, 2.24) is 0 Å². The van der Waals surface area contributed by atoms with Gasteiger partial charge in [-0.25, -0.2) is 0 Å². The van der Waals surface area contributed by atoms with E-state index in [-0.39, 0.29) is 0 Å². The minimum Gasteiger partial charge on any atom is -0.455 e. The van der Waals surface area contributed by atoms with Crippen LogP contribution in [-0.4, -0.2) is 0 Å². The lowest BCUT2D eigenvalue weighted by Gasteiger charge is -2.27. The van der Waals surface area contributed by atoms with Crippen molar-refractivity contribution in [2.45, 2.75) is 0 Å². The standard InChI is InChI=1S/C70H47NO/c1-4-18-48(19-5-1)55-38-43-64(66(47-55)52-22-8-3-9-23-52)63-30-13-12-29-60(63)53-36-41-58(42-37-53)71(67-45-44-62(51-20-6-2-7-21-51)70-69(67)65-31-14-15-33-68(65)72-70)57-39-34-49(35-40-57)54-26-16-27-56(46-54)61-32-17-25-50-24-10-11-28-59(50)61/h1-47H. The molecule has 0 bridgehead atoms. The Morgan fingerprint density at radius 3 is 1.44 bits per heavy atom. The fourth-order valence-electron chi connectivity index (χ4n) is 10.6. The molecule has 72 heavy (non-hydrogen) atoms. The molecule has 0 aliphatic carbocycles. The maximum Gasteiger partial charge on any atom is 0.145 e. The summed E-state index contributed by atoms with van der Waals surface area (Å²) in [6.07, 6.45) is 0. The predicted molar refractivity (Wildman–Crippen MR) is 304 cm³/mol. The van der Waals surface area contributed by atoms with Crippen LogP contribution in [0.2, 0.25) is 0 Å². The minimum atomic E-state index is 0.858. The van der Waals surface area contributed by atoms with Crippen molar-refractivity contribution in [3.63, 3.8) is 0 Å². The zero-order valence-corrected chi connectivity index (χ0v) is 39.5. The second-order valence-corrected chi connectivity index (χ2v) is 18.4. The molecule has 12 aromatic carbocycles. The second kappa shape index (κ2) is 18.4. The Kier molecular flexibility index (Phi) is 10.9. The van der Waals surface area contributed by atoms with E-state index in [1.165, 1.54) is 66.4 Å². The second-order valence-electron chi connectivity index (χ2n) is 18.4. The van der Waals surface area contributed by atoms with Crippen LogP contribution in [0.25, 0.3) is 111 Å². The molecule has 0 unspecified atom stereocenters. The van der Waals surface area contributed by atoms with Gasteiger partial charge in [-0.05, 0) is 138 Å². The van der Waals surface area contributed by atoms with Gasteiger partial charge in [0.15, 0.2) is 0 Å². The van der Waals surface area contributed by atoms with Gasteiger partial charge in [-0.2, -0.15) is 0 Å². The smallest absolute Gasteiger partial charge is 0.145 e. The Morgan fingerprint density at radius 2 is 0.708 bits per heavy atom. The zero-order chi connectivity index (χ0) is 47.8. The SMILES string of the molecule is c1ccc(-c2ccc(-c3ccccc3-c3ccc(N(c4ccc(-c5cccc(-c6cccc7ccccc67)c5)cc4)c4ccc(-c5ccccc5)c5oc6ccccc6c45)cc3)c(-c3ccccc3)c2)cc1. The summed E-state index contributed by atoms with van der Waals surface area (Å²) >= 11 is 0. The molecule has 2 nitrogen and oxygen atoms in total. The summed E-state index contributed by atoms with van der Waals surface area (Å²) in [5, 5.41) is 4.64. The highest BCUT2D eigenvalue weighted by atomic mass is 16.3. The molecular formula is C70H47NO. The highest BCUT2D eigenvalue weighted by Crippen LogP contribution is 2.47. The van der Waals surface area contributed by atoms with E-state index < -0.39 is 0 Å². The number of rotatable bonds is 10. The molecular weight excluding hydrogens is 871 g/mol. The van der Waals surface area contributed by atoms with Crippen molar-refractivity contribution in [1.29, 1.82) is 0 Å². The van der Waals surface area contributed by atoms with Crippen molar-refractivity contribution < 1.29 is 4.42 Å². The average Bonchev–Trinajstić information content (AvgIpc) is 3.86. The quantitative estimate of drug-likeness (QED) is 0.136. The molecule has 0 spiro atoms. The van der Waals surface area contributed by atoms with Gasteiger partial charge in [-0.3, -0.25) is 0 Å². The van der Waals surface area contributed by atoms with Crippen LogP contribution >= 0.6 is 0 Å². The number of hydrogen-bond acceptors (Lipinski definition) is 2. The summed E-state index contributed by atoms with van der Waals surface area (Å²) in [5.41, 5.74) is 21.2. The van der Waals surface area contributed by atoms with Crippen molar-refractivity contribution in [2.24, 2.45) is 0 Å². The highest BCUT2D eigenvalue weighted by molar-refractivity contribution is 6.17. The van der Waals surface area contributed by atoms with Crippen LogP contribution in [-0.2, 0) is 0 Å². The molecule has 2 heteroatoms. The molecule has 0 amide bonds. The molecule has 0 fully saturated rings. The molecule has 0 saturated carbocycles. The molecule has 0 aliphatic rings. The third-order valence-corrected chi connectivity index (χ3v) is 14.1. The first-order valence-corrected chi connectivity index (χ1v) is 24.7. The highest BCUT2D eigenvalue weighted by Gasteiger charge is 2.23. The number of benzene rings is 12. The third kappa shape index (κ3) is 7.82. The maximum atomic E-state index is 6.83. The van der Waals surface area contributed by atoms with Gasteiger partial charge in [0, 0.05) is 22.3 Å². The number of fused-ring (bicyclic) bond motifs is 4. The third-order valence-electron chi connectivity index (χ3n) is 14.1. The molecule has 13 rings (SSSR count). The van der Waals surface area contributed by atoms with Crippen molar-refractivity contribution in [3.05, 3.63) is 285 Å². The van der Waals surface area contributed by atoms with Gasteiger partial charge in [0.2, 0.25) is 0 Å². The van der Waals surface area contributed by atoms with Crippen LogP contribution in [0.3, 0.4) is 0 Å². The van der Waals surface area contributed by atoms with Crippen LogP contribution in [0.15, 0.2) is 290 Å². The van der Waals surface area contributed by atoms with Gasteiger partial charge >= 0.3 is 0 Å². The molecule has 0 N–H and O–H groups in total. The Balaban J connectivity index is 0.940. The van der Waals surface area contributed by atoms with E-state index in [1.54, 1.807) is 0 Å². The number of hydrogen-bond donors (Lipinski definition) is 0. The average molecular weight is 918 g/mol. The lowest BCUT2D eigenvalue weighted by molar-refractivity contribution is 0.670. The van der Waals surface area contributed by atoms with E-state index in [0.717, 1.165) is 61.3 Å². The first-order valence-electron chi connectivity index (χ1n) is 24.7. The molecule has 0 saturated heterocycles. The number of furan rings is 1. The molecule has 0 radical (unpaired) electrons. The summed E-state index contributed by atoms with van der Waals surface area (Å²) in [7, 11) is 0. The summed E-state index contributed by atoms with van der Waals surface area (Å²) in [5.74, 6) is 0. The summed E-state index contributed by atoms with van der Waals surface area (Å²) in [6, 6.07) is 103. The predicted octanol–water partition coefficient (Wildman–Crippen LogP) is 19.9. The molecule has 1 heterocycles. The molecule has 0 aliphatic heterocycles.